The molecule has 1 aromatic carbocycles. The van der Waals surface area contributed by atoms with E-state index in [0.29, 0.717) is 5.92 Å². The number of halogens is 1. The van der Waals surface area contributed by atoms with Crippen LogP contribution in [0.5, 0.6) is 0 Å². The molecule has 0 aliphatic rings. The normalized spacial score (nSPS) is 12.2. The van der Waals surface area contributed by atoms with Crippen LogP contribution in [0, 0.1) is 6.07 Å². The van der Waals surface area contributed by atoms with Crippen molar-refractivity contribution in [2.24, 2.45) is 0 Å². The Morgan fingerprint density at radius 3 is 2.38 bits per heavy atom. The van der Waals surface area contributed by atoms with Gasteiger partial charge >= 0.3 is 0 Å². The summed E-state index contributed by atoms with van der Waals surface area (Å²) in [4.78, 5) is 0. The Morgan fingerprint density at radius 2 is 2.00 bits per heavy atom. The van der Waals surface area contributed by atoms with Gasteiger partial charge < -0.3 is 0 Å². The van der Waals surface area contributed by atoms with E-state index in [9.17, 15) is 4.39 Å². The molecule has 0 N–H and O–H groups in total. The third kappa shape index (κ3) is 2.30. The van der Waals surface area contributed by atoms with Crippen LogP contribution in [-0.2, 0) is 5.67 Å². The zero-order valence-electron chi connectivity index (χ0n) is 8.69. The molecular weight excluding hydrogens is 163 g/mol. The van der Waals surface area contributed by atoms with E-state index in [2.05, 4.69) is 19.9 Å². The molecular formula is C12H16F. The van der Waals surface area contributed by atoms with Crippen LogP contribution in [0.15, 0.2) is 18.2 Å². The lowest BCUT2D eigenvalue weighted by Gasteiger charge is -2.20. The van der Waals surface area contributed by atoms with Crippen molar-refractivity contribution < 1.29 is 4.39 Å². The summed E-state index contributed by atoms with van der Waals surface area (Å²) in [6.07, 6.45) is 0. The van der Waals surface area contributed by atoms with Crippen molar-refractivity contribution in [1.29, 1.82) is 0 Å². The predicted octanol–water partition coefficient (Wildman–Crippen LogP) is 3.81. The van der Waals surface area contributed by atoms with Gasteiger partial charge in [-0.15, -0.1) is 0 Å². The summed E-state index contributed by atoms with van der Waals surface area (Å²) in [6.45, 7) is 7.28. The van der Waals surface area contributed by atoms with Gasteiger partial charge in [0.15, 0.2) is 0 Å². The number of alkyl halides is 1. The molecule has 0 amide bonds. The van der Waals surface area contributed by atoms with Gasteiger partial charge in [0.05, 0.1) is 0 Å². The predicted molar refractivity (Wildman–Crippen MR) is 53.5 cm³/mol. The van der Waals surface area contributed by atoms with Gasteiger partial charge in [0.25, 0.3) is 0 Å². The Balaban J connectivity index is 3.20. The molecule has 1 radical (unpaired) electrons. The highest BCUT2D eigenvalue weighted by atomic mass is 19.1. The van der Waals surface area contributed by atoms with E-state index in [4.69, 9.17) is 0 Å². The van der Waals surface area contributed by atoms with Crippen LogP contribution in [0.4, 0.5) is 4.39 Å². The highest BCUT2D eigenvalue weighted by Gasteiger charge is 2.22. The maximum Gasteiger partial charge on any atom is 0.130 e. The van der Waals surface area contributed by atoms with Gasteiger partial charge in [-0.2, -0.15) is 0 Å². The summed E-state index contributed by atoms with van der Waals surface area (Å²) in [7, 11) is 0. The molecule has 1 heteroatoms. The fourth-order valence-corrected chi connectivity index (χ4v) is 1.45. The Bertz CT molecular complexity index is 281. The zero-order valence-corrected chi connectivity index (χ0v) is 8.69. The largest absolute Gasteiger partial charge is 0.239 e. The van der Waals surface area contributed by atoms with Crippen molar-refractivity contribution in [2.45, 2.75) is 39.3 Å². The standard InChI is InChI=1S/C12H16F/c1-9(2)10-7-5-6-8-11(10)12(3,4)13/h5-6,8-9H,1-4H3. The molecule has 0 spiro atoms. The topological polar surface area (TPSA) is 0 Å². The van der Waals surface area contributed by atoms with Crippen molar-refractivity contribution in [2.75, 3.05) is 0 Å². The molecule has 0 aromatic heterocycles. The fraction of sp³-hybridized carbons (Fsp3) is 0.500. The minimum Gasteiger partial charge on any atom is -0.239 e. The van der Waals surface area contributed by atoms with Crippen molar-refractivity contribution in [3.63, 3.8) is 0 Å². The van der Waals surface area contributed by atoms with E-state index in [-0.39, 0.29) is 0 Å². The van der Waals surface area contributed by atoms with Crippen LogP contribution in [0.3, 0.4) is 0 Å². The van der Waals surface area contributed by atoms with Crippen LogP contribution in [0.25, 0.3) is 0 Å². The maximum absolute atomic E-state index is 13.7. The minimum atomic E-state index is -1.27. The van der Waals surface area contributed by atoms with E-state index in [1.165, 1.54) is 0 Å². The van der Waals surface area contributed by atoms with Gasteiger partial charge in [-0.1, -0.05) is 32.0 Å². The fourth-order valence-electron chi connectivity index (χ4n) is 1.45. The molecule has 71 valence electrons. The summed E-state index contributed by atoms with van der Waals surface area (Å²) < 4.78 is 13.7. The number of hydrogen-bond donors (Lipinski definition) is 0. The third-order valence-electron chi connectivity index (χ3n) is 2.11. The monoisotopic (exact) mass is 179 g/mol. The van der Waals surface area contributed by atoms with E-state index in [1.54, 1.807) is 13.8 Å². The lowest BCUT2D eigenvalue weighted by Crippen LogP contribution is -2.13. The Morgan fingerprint density at radius 1 is 1.38 bits per heavy atom. The molecule has 0 aliphatic heterocycles. The lowest BCUT2D eigenvalue weighted by atomic mass is 9.89. The third-order valence-corrected chi connectivity index (χ3v) is 2.11. The Labute approximate surface area is 79.8 Å². The summed E-state index contributed by atoms with van der Waals surface area (Å²) in [5.74, 6) is 0.325. The molecule has 1 rings (SSSR count). The molecule has 0 unspecified atom stereocenters. The first kappa shape index (κ1) is 10.2. The summed E-state index contributed by atoms with van der Waals surface area (Å²) in [6, 6.07) is 8.62. The molecule has 0 saturated carbocycles. The average molecular weight is 179 g/mol. The van der Waals surface area contributed by atoms with Crippen molar-refractivity contribution in [3.8, 4) is 0 Å². The molecule has 13 heavy (non-hydrogen) atoms. The van der Waals surface area contributed by atoms with Gasteiger partial charge in [0.1, 0.15) is 5.67 Å². The highest BCUT2D eigenvalue weighted by molar-refractivity contribution is 5.32. The number of rotatable bonds is 2. The minimum absolute atomic E-state index is 0.325. The molecule has 0 fully saturated rings. The molecule has 0 aliphatic carbocycles. The SMILES string of the molecule is CC(C)c1[c]cccc1C(C)(C)F. The molecule has 0 nitrogen and oxygen atoms in total. The summed E-state index contributed by atoms with van der Waals surface area (Å²) in [5, 5.41) is 0. The van der Waals surface area contributed by atoms with Gasteiger partial charge in [-0.3, -0.25) is 0 Å². The molecule has 1 aromatic rings. The number of hydrogen-bond acceptors (Lipinski definition) is 0. The quantitative estimate of drug-likeness (QED) is 0.647. The van der Waals surface area contributed by atoms with Crippen LogP contribution >= 0.6 is 0 Å². The first-order chi connectivity index (χ1) is 5.93. The van der Waals surface area contributed by atoms with Crippen molar-refractivity contribution in [1.82, 2.24) is 0 Å². The van der Waals surface area contributed by atoms with Crippen molar-refractivity contribution >= 4 is 0 Å². The van der Waals surface area contributed by atoms with Gasteiger partial charge in [-0.05, 0) is 37.0 Å². The van der Waals surface area contributed by atoms with Gasteiger partial charge in [-0.25, -0.2) is 4.39 Å². The molecule has 0 bridgehead atoms. The van der Waals surface area contributed by atoms with Crippen molar-refractivity contribution in [3.05, 3.63) is 35.4 Å². The van der Waals surface area contributed by atoms with E-state index in [0.717, 1.165) is 11.1 Å². The maximum atomic E-state index is 13.7. The Hall–Kier alpha value is -0.850. The molecule has 0 atom stereocenters. The first-order valence-electron chi connectivity index (χ1n) is 4.63. The zero-order chi connectivity index (χ0) is 10.1. The van der Waals surface area contributed by atoms with Gasteiger partial charge in [0.2, 0.25) is 0 Å². The smallest absolute Gasteiger partial charge is 0.130 e. The summed E-state index contributed by atoms with van der Waals surface area (Å²) >= 11 is 0. The van der Waals surface area contributed by atoms with Gasteiger partial charge in [0, 0.05) is 0 Å². The van der Waals surface area contributed by atoms with Crippen LogP contribution in [0.2, 0.25) is 0 Å². The second-order valence-corrected chi connectivity index (χ2v) is 4.12. The lowest BCUT2D eigenvalue weighted by molar-refractivity contribution is 0.219. The average Bonchev–Trinajstić information content (AvgIpc) is 2.03. The first-order valence-corrected chi connectivity index (χ1v) is 4.63. The van der Waals surface area contributed by atoms with E-state index < -0.39 is 5.67 Å². The van der Waals surface area contributed by atoms with Crippen LogP contribution in [0.1, 0.15) is 44.7 Å². The number of benzene rings is 1. The second-order valence-electron chi connectivity index (χ2n) is 4.12. The highest BCUT2D eigenvalue weighted by Crippen LogP contribution is 2.31. The Kier molecular flexibility index (Phi) is 2.74. The molecule has 0 heterocycles. The second kappa shape index (κ2) is 3.49. The van der Waals surface area contributed by atoms with E-state index in [1.807, 2.05) is 18.2 Å². The summed E-state index contributed by atoms with van der Waals surface area (Å²) in [5.41, 5.74) is 0.470. The van der Waals surface area contributed by atoms with E-state index >= 15 is 0 Å². The van der Waals surface area contributed by atoms with Crippen LogP contribution < -0.4 is 0 Å². The van der Waals surface area contributed by atoms with Crippen LogP contribution in [-0.4, -0.2) is 0 Å². The molecule has 0 saturated heterocycles.